The minimum atomic E-state index is -3.79. The van der Waals surface area contributed by atoms with Crippen molar-refractivity contribution in [3.05, 3.63) is 59.1 Å². The number of aromatic nitrogens is 2. The van der Waals surface area contributed by atoms with Crippen LogP contribution in [0.2, 0.25) is 5.02 Å². The van der Waals surface area contributed by atoms with Crippen molar-refractivity contribution in [3.8, 4) is 0 Å². The summed E-state index contributed by atoms with van der Waals surface area (Å²) in [5, 5.41) is 3.79. The number of esters is 1. The van der Waals surface area contributed by atoms with Crippen molar-refractivity contribution >= 4 is 44.3 Å². The first-order valence-corrected chi connectivity index (χ1v) is 13.7. The lowest BCUT2D eigenvalue weighted by Crippen LogP contribution is -2.48. The van der Waals surface area contributed by atoms with Gasteiger partial charge in [-0.3, -0.25) is 4.90 Å². The van der Waals surface area contributed by atoms with Crippen molar-refractivity contribution in [2.45, 2.75) is 31.3 Å². The van der Waals surface area contributed by atoms with E-state index >= 15 is 0 Å². The maximum Gasteiger partial charge on any atom is 0.328 e. The minimum absolute atomic E-state index is 0.0318. The number of ether oxygens (including phenoxy) is 1. The molecule has 1 aromatic heterocycles. The van der Waals surface area contributed by atoms with E-state index in [2.05, 4.69) is 15.2 Å². The Morgan fingerprint density at radius 1 is 1.14 bits per heavy atom. The molecule has 198 valence electrons. The Hall–Kier alpha value is -2.86. The molecule has 1 N–H and O–H groups in total. The molecule has 0 radical (unpaired) electrons. The second kappa shape index (κ2) is 11.3. The van der Waals surface area contributed by atoms with Crippen molar-refractivity contribution in [1.82, 2.24) is 19.2 Å². The zero-order valence-corrected chi connectivity index (χ0v) is 22.4. The summed E-state index contributed by atoms with van der Waals surface area (Å²) in [4.78, 5) is 23.8. The summed E-state index contributed by atoms with van der Waals surface area (Å²) in [7, 11) is -2.44. The second-order valence-electron chi connectivity index (χ2n) is 9.15. The zero-order valence-electron chi connectivity index (χ0n) is 20.8. The Balaban J connectivity index is 1.50. The third-order valence-electron chi connectivity index (χ3n) is 6.29. The summed E-state index contributed by atoms with van der Waals surface area (Å²) in [6.45, 7) is 5.69. The molecule has 1 fully saturated rings. The van der Waals surface area contributed by atoms with Gasteiger partial charge < -0.3 is 10.1 Å². The molecule has 4 rings (SSSR count). The van der Waals surface area contributed by atoms with E-state index in [1.807, 2.05) is 38.1 Å². The molecule has 0 bridgehead atoms. The van der Waals surface area contributed by atoms with Gasteiger partial charge in [-0.25, -0.2) is 27.6 Å². The number of fused-ring (bicyclic) bond motifs is 1. The molecule has 1 atom stereocenters. The number of methoxy groups -OCH3 is 1. The summed E-state index contributed by atoms with van der Waals surface area (Å²) in [5.74, 6) is 0.0185. The van der Waals surface area contributed by atoms with E-state index in [0.717, 1.165) is 23.0 Å². The van der Waals surface area contributed by atoms with Crippen LogP contribution in [0.3, 0.4) is 0 Å². The van der Waals surface area contributed by atoms with Gasteiger partial charge in [-0.15, -0.1) is 0 Å². The number of nitrogens with one attached hydrogen (secondary N) is 1. The molecule has 37 heavy (non-hydrogen) atoms. The molecule has 0 spiro atoms. The number of rotatable bonds is 8. The van der Waals surface area contributed by atoms with Crippen molar-refractivity contribution < 1.29 is 22.3 Å². The molecule has 2 aromatic carbocycles. The first kappa shape index (κ1) is 27.2. The third-order valence-corrected chi connectivity index (χ3v) is 8.47. The number of carbonyl (C=O) groups is 1. The third kappa shape index (κ3) is 6.01. The van der Waals surface area contributed by atoms with Gasteiger partial charge in [-0.2, -0.15) is 4.31 Å². The number of hydrogen-bond donors (Lipinski definition) is 1. The molecule has 0 amide bonds. The van der Waals surface area contributed by atoms with Crippen LogP contribution >= 0.6 is 11.6 Å². The molecule has 9 nitrogen and oxygen atoms in total. The highest BCUT2D eigenvalue weighted by molar-refractivity contribution is 7.89. The van der Waals surface area contributed by atoms with E-state index in [1.165, 1.54) is 17.5 Å². The lowest BCUT2D eigenvalue weighted by molar-refractivity contribution is -0.142. The van der Waals surface area contributed by atoms with Crippen molar-refractivity contribution in [2.24, 2.45) is 5.92 Å². The summed E-state index contributed by atoms with van der Waals surface area (Å²) in [5.41, 5.74) is 0.733. The van der Waals surface area contributed by atoms with Gasteiger partial charge in [0.25, 0.3) is 0 Å². The van der Waals surface area contributed by atoms with E-state index < -0.39 is 21.9 Å². The maximum absolute atomic E-state index is 13.5. The van der Waals surface area contributed by atoms with E-state index in [9.17, 15) is 17.6 Å². The second-order valence-corrected chi connectivity index (χ2v) is 11.5. The Morgan fingerprint density at radius 2 is 1.84 bits per heavy atom. The quantitative estimate of drug-likeness (QED) is 0.425. The van der Waals surface area contributed by atoms with Crippen LogP contribution in [0.1, 0.15) is 19.7 Å². The van der Waals surface area contributed by atoms with E-state index in [0.29, 0.717) is 31.3 Å². The molecule has 1 saturated heterocycles. The topological polar surface area (TPSA) is 105 Å². The Kier molecular flexibility index (Phi) is 8.27. The fraction of sp³-hybridized carbons (Fsp3) is 0.400. The zero-order chi connectivity index (χ0) is 26.7. The van der Waals surface area contributed by atoms with Crippen LogP contribution in [0.5, 0.6) is 0 Å². The fourth-order valence-electron chi connectivity index (χ4n) is 4.19. The molecule has 0 aliphatic carbocycles. The Morgan fingerprint density at radius 3 is 2.49 bits per heavy atom. The number of carbonyl (C=O) groups excluding carboxylic acids is 1. The summed E-state index contributed by atoms with van der Waals surface area (Å²) in [6.07, 6.45) is 0. The average molecular weight is 550 g/mol. The van der Waals surface area contributed by atoms with Gasteiger partial charge in [0.05, 0.1) is 29.1 Å². The molecular formula is C25H29ClFN5O4S. The van der Waals surface area contributed by atoms with Crippen LogP contribution in [0.25, 0.3) is 10.9 Å². The summed E-state index contributed by atoms with van der Waals surface area (Å²) < 4.78 is 45.8. The van der Waals surface area contributed by atoms with Crippen LogP contribution in [-0.4, -0.2) is 72.9 Å². The largest absolute Gasteiger partial charge is 0.467 e. The van der Waals surface area contributed by atoms with E-state index in [4.69, 9.17) is 21.3 Å². The van der Waals surface area contributed by atoms with Crippen molar-refractivity contribution in [2.75, 3.05) is 38.6 Å². The summed E-state index contributed by atoms with van der Waals surface area (Å²) in [6, 6.07) is 10.4. The monoisotopic (exact) mass is 549 g/mol. The molecule has 0 saturated carbocycles. The van der Waals surface area contributed by atoms with Crippen LogP contribution in [0.4, 0.5) is 10.2 Å². The van der Waals surface area contributed by atoms with Gasteiger partial charge in [0.1, 0.15) is 23.5 Å². The number of nitrogens with zero attached hydrogens (tertiary/aromatic N) is 4. The molecule has 12 heteroatoms. The highest BCUT2D eigenvalue weighted by atomic mass is 35.5. The smallest absolute Gasteiger partial charge is 0.328 e. The number of para-hydroxylation sites is 1. The molecule has 1 aliphatic heterocycles. The van der Waals surface area contributed by atoms with Crippen LogP contribution in [0, 0.1) is 11.7 Å². The molecule has 3 aromatic rings. The standard InChI is InChI=1S/C25H29ClFN5O4S/c1-16(2)23(25(33)36-3)30-24-18-6-4-5-7-21(18)28-22(29-24)15-31-10-12-32(13-11-31)37(34,35)17-8-9-20(27)19(26)14-17/h4-9,14,16,23H,10-13,15H2,1-3H3,(H,28,29,30)/t23-/m0/s1. The first-order valence-electron chi connectivity index (χ1n) is 11.9. The van der Waals surface area contributed by atoms with Crippen LogP contribution in [0.15, 0.2) is 47.4 Å². The van der Waals surface area contributed by atoms with E-state index in [-0.39, 0.29) is 34.9 Å². The predicted octanol–water partition coefficient (Wildman–Crippen LogP) is 3.54. The number of benzene rings is 2. The molecule has 0 unspecified atom stereocenters. The van der Waals surface area contributed by atoms with Gasteiger partial charge in [-0.05, 0) is 36.2 Å². The van der Waals surface area contributed by atoms with E-state index in [1.54, 1.807) is 0 Å². The Bertz CT molecular complexity index is 1400. The normalized spacial score (nSPS) is 16.2. The average Bonchev–Trinajstić information content (AvgIpc) is 2.88. The predicted molar refractivity (Wildman–Crippen MR) is 139 cm³/mol. The first-order chi connectivity index (χ1) is 17.6. The van der Waals surface area contributed by atoms with Crippen molar-refractivity contribution in [1.29, 1.82) is 0 Å². The number of piperazine rings is 1. The number of anilines is 1. The van der Waals surface area contributed by atoms with Gasteiger partial charge in [-0.1, -0.05) is 37.6 Å². The lowest BCUT2D eigenvalue weighted by atomic mass is 10.0. The van der Waals surface area contributed by atoms with Gasteiger partial charge in [0.2, 0.25) is 10.0 Å². The van der Waals surface area contributed by atoms with Crippen LogP contribution < -0.4 is 5.32 Å². The molecule has 1 aliphatic rings. The number of halogens is 2. The highest BCUT2D eigenvalue weighted by Crippen LogP contribution is 2.25. The van der Waals surface area contributed by atoms with Crippen LogP contribution in [-0.2, 0) is 26.1 Å². The van der Waals surface area contributed by atoms with Gasteiger partial charge in [0.15, 0.2) is 0 Å². The minimum Gasteiger partial charge on any atom is -0.467 e. The lowest BCUT2D eigenvalue weighted by Gasteiger charge is -2.33. The highest BCUT2D eigenvalue weighted by Gasteiger charge is 2.30. The summed E-state index contributed by atoms with van der Waals surface area (Å²) >= 11 is 5.79. The maximum atomic E-state index is 13.5. The number of hydrogen-bond acceptors (Lipinski definition) is 8. The fourth-order valence-corrected chi connectivity index (χ4v) is 5.89. The van der Waals surface area contributed by atoms with Crippen molar-refractivity contribution in [3.63, 3.8) is 0 Å². The number of sulfonamides is 1. The SMILES string of the molecule is COC(=O)[C@@H](Nc1nc(CN2CCN(S(=O)(=O)c3ccc(F)c(Cl)c3)CC2)nc2ccccc12)C(C)C. The Labute approximate surface area is 220 Å². The van der Waals surface area contributed by atoms with Gasteiger partial charge in [0, 0.05) is 31.6 Å². The van der Waals surface area contributed by atoms with Gasteiger partial charge >= 0.3 is 5.97 Å². The molecule has 2 heterocycles. The molecular weight excluding hydrogens is 521 g/mol.